The minimum Gasteiger partial charge on any atom is -0.337 e. The van der Waals surface area contributed by atoms with Gasteiger partial charge in [0, 0.05) is 37.9 Å². The molecule has 0 unspecified atom stereocenters. The van der Waals surface area contributed by atoms with Crippen LogP contribution >= 0.6 is 15.9 Å². The van der Waals surface area contributed by atoms with E-state index in [1.54, 1.807) is 0 Å². The zero-order valence-corrected chi connectivity index (χ0v) is 22.0. The van der Waals surface area contributed by atoms with Crippen molar-refractivity contribution in [1.29, 1.82) is 0 Å². The van der Waals surface area contributed by atoms with Crippen LogP contribution in [0.5, 0.6) is 0 Å². The Bertz CT molecular complexity index is 1810. The van der Waals surface area contributed by atoms with Gasteiger partial charge in [0.2, 0.25) is 0 Å². The molecule has 2 radical (unpaired) electrons. The molecule has 1 aromatic heterocycles. The van der Waals surface area contributed by atoms with E-state index in [-0.39, 0.29) is 0 Å². The third kappa shape index (κ3) is 3.87. The summed E-state index contributed by atoms with van der Waals surface area (Å²) in [5, 5.41) is 4.44. The van der Waals surface area contributed by atoms with Crippen molar-refractivity contribution in [2.24, 2.45) is 0 Å². The lowest BCUT2D eigenvalue weighted by Crippen LogP contribution is -2.09. The Morgan fingerprint density at radius 2 is 1.21 bits per heavy atom. The summed E-state index contributed by atoms with van der Waals surface area (Å²) in [6.07, 6.45) is 0. The number of aromatic nitrogens is 2. The Kier molecular flexibility index (Phi) is 5.52. The predicted molar refractivity (Wildman–Crippen MR) is 164 cm³/mol. The highest BCUT2D eigenvalue weighted by Gasteiger charge is 2.16. The molecule has 1 N–H and O–H groups in total. The molecule has 0 aliphatic heterocycles. The number of hydrogen-bond donors (Lipinski definition) is 1. The van der Waals surface area contributed by atoms with Crippen LogP contribution in [0.1, 0.15) is 0 Å². The average Bonchev–Trinajstić information content (AvgIpc) is 3.40. The van der Waals surface area contributed by atoms with Crippen LogP contribution in [0, 0.1) is 0 Å². The summed E-state index contributed by atoms with van der Waals surface area (Å²) in [4.78, 5) is 11.0. The maximum atomic E-state index is 6.17. The third-order valence-corrected chi connectivity index (χ3v) is 7.46. The molecule has 7 aromatic rings. The van der Waals surface area contributed by atoms with Crippen molar-refractivity contribution in [3.63, 3.8) is 0 Å². The van der Waals surface area contributed by atoms with Crippen LogP contribution in [-0.4, -0.2) is 17.8 Å². The van der Waals surface area contributed by atoms with Gasteiger partial charge in [-0.3, -0.25) is 0 Å². The summed E-state index contributed by atoms with van der Waals surface area (Å²) in [6, 6.07) is 41.8. The lowest BCUT2D eigenvalue weighted by molar-refractivity contribution is 1.28. The molecule has 1 heterocycles. The average molecular weight is 550 g/mol. The fourth-order valence-electron chi connectivity index (χ4n) is 5.22. The van der Waals surface area contributed by atoms with E-state index in [2.05, 4.69) is 123 Å². The van der Waals surface area contributed by atoms with Crippen molar-refractivity contribution in [3.8, 4) is 11.4 Å². The van der Waals surface area contributed by atoms with Gasteiger partial charge in [0.25, 0.3) is 0 Å². The second kappa shape index (κ2) is 9.19. The van der Waals surface area contributed by atoms with Gasteiger partial charge in [-0.2, -0.15) is 0 Å². The van der Waals surface area contributed by atoms with Crippen LogP contribution in [-0.2, 0) is 0 Å². The van der Waals surface area contributed by atoms with Gasteiger partial charge in [-0.15, -0.1) is 0 Å². The number of para-hydroxylation sites is 2. The van der Waals surface area contributed by atoms with E-state index in [1.165, 1.54) is 0 Å². The summed E-state index contributed by atoms with van der Waals surface area (Å²) in [5.41, 5.74) is 7.05. The number of benzene rings is 6. The van der Waals surface area contributed by atoms with Crippen molar-refractivity contribution in [3.05, 3.63) is 126 Å². The summed E-state index contributed by atoms with van der Waals surface area (Å²) < 4.78 is 1.03. The van der Waals surface area contributed by atoms with Crippen molar-refractivity contribution in [1.82, 2.24) is 9.97 Å². The first kappa shape index (κ1) is 22.8. The minimum absolute atomic E-state index is 0.745. The number of nitrogens with one attached hydrogen (secondary N) is 1. The zero-order chi connectivity index (χ0) is 25.6. The van der Waals surface area contributed by atoms with E-state index in [0.29, 0.717) is 0 Å². The first-order chi connectivity index (χ1) is 18.7. The van der Waals surface area contributed by atoms with Crippen LogP contribution in [0.15, 0.2) is 126 Å². The maximum absolute atomic E-state index is 6.17. The van der Waals surface area contributed by atoms with Crippen LogP contribution in [0.25, 0.3) is 44.0 Å². The predicted octanol–water partition coefficient (Wildman–Crippen LogP) is 8.56. The second-order valence-corrected chi connectivity index (χ2v) is 10.3. The number of fused-ring (bicyclic) bond motifs is 6. The minimum atomic E-state index is 0.745. The van der Waals surface area contributed by atoms with Gasteiger partial charge >= 0.3 is 0 Å². The van der Waals surface area contributed by atoms with Crippen molar-refractivity contribution < 1.29 is 0 Å². The fourth-order valence-corrected chi connectivity index (χ4v) is 5.58. The number of aromatic amines is 1. The highest BCUT2D eigenvalue weighted by atomic mass is 79.9. The number of anilines is 3. The van der Waals surface area contributed by atoms with Crippen LogP contribution < -0.4 is 10.4 Å². The molecule has 0 aliphatic rings. The molecule has 0 bridgehead atoms. The van der Waals surface area contributed by atoms with Gasteiger partial charge in [-0.1, -0.05) is 82.1 Å². The summed E-state index contributed by atoms with van der Waals surface area (Å²) in [7, 11) is 6.17. The second-order valence-electron chi connectivity index (χ2n) is 9.36. The number of halogens is 1. The molecule has 0 atom stereocenters. The lowest BCUT2D eigenvalue weighted by Gasteiger charge is -2.25. The van der Waals surface area contributed by atoms with E-state index in [4.69, 9.17) is 12.8 Å². The molecule has 0 spiro atoms. The smallest absolute Gasteiger partial charge is 0.138 e. The van der Waals surface area contributed by atoms with Gasteiger partial charge in [0.1, 0.15) is 13.7 Å². The molecule has 3 nitrogen and oxygen atoms in total. The lowest BCUT2D eigenvalue weighted by atomic mass is 9.91. The van der Waals surface area contributed by atoms with Crippen molar-refractivity contribution >= 4 is 78.9 Å². The molecule has 0 saturated heterocycles. The van der Waals surface area contributed by atoms with Gasteiger partial charge in [0.15, 0.2) is 0 Å². The van der Waals surface area contributed by atoms with Crippen LogP contribution in [0.4, 0.5) is 17.1 Å². The third-order valence-electron chi connectivity index (χ3n) is 6.97. The molecule has 0 saturated carbocycles. The van der Waals surface area contributed by atoms with Gasteiger partial charge in [-0.05, 0) is 71.4 Å². The van der Waals surface area contributed by atoms with Crippen molar-refractivity contribution in [2.75, 3.05) is 4.90 Å². The molecule has 0 amide bonds. The number of rotatable bonds is 4. The Balaban J connectivity index is 1.37. The molecular formula is C33H21BBrN3. The highest BCUT2D eigenvalue weighted by Crippen LogP contribution is 2.38. The maximum Gasteiger partial charge on any atom is 0.138 e. The SMILES string of the molecule is [B]c1ccc2c(c1)c1cc(Br)ccc1c1nc(-c3ccc(N(c4ccccc4)c4ccccc4)cc3)[nH]c21. The number of H-pyrrole nitrogens is 1. The van der Waals surface area contributed by atoms with E-state index in [0.717, 1.165) is 71.0 Å². The Labute approximate surface area is 230 Å². The largest absolute Gasteiger partial charge is 0.337 e. The van der Waals surface area contributed by atoms with Gasteiger partial charge in [0.05, 0.1) is 11.0 Å². The van der Waals surface area contributed by atoms with Crippen LogP contribution in [0.2, 0.25) is 0 Å². The molecule has 0 fully saturated rings. The first-order valence-electron chi connectivity index (χ1n) is 12.5. The molecule has 5 heteroatoms. The standard InChI is InChI=1S/C33H21BBrN3/c34-22-13-17-27-29(19-22)30-20-23(35)14-18-28(30)32-31(27)36-33(37-32)21-11-15-26(16-12-21)38(24-7-3-1-4-8-24)25-9-5-2-6-10-25/h1-20H,(H,36,37). The Hall–Kier alpha value is -4.35. The summed E-state index contributed by atoms with van der Waals surface area (Å²) in [5.74, 6) is 0.839. The van der Waals surface area contributed by atoms with E-state index < -0.39 is 0 Å². The van der Waals surface area contributed by atoms with Crippen LogP contribution in [0.3, 0.4) is 0 Å². The van der Waals surface area contributed by atoms with E-state index in [9.17, 15) is 0 Å². The number of hydrogen-bond acceptors (Lipinski definition) is 2. The molecular weight excluding hydrogens is 529 g/mol. The molecule has 38 heavy (non-hydrogen) atoms. The van der Waals surface area contributed by atoms with Crippen molar-refractivity contribution in [2.45, 2.75) is 0 Å². The number of imidazole rings is 1. The summed E-state index contributed by atoms with van der Waals surface area (Å²) >= 11 is 3.63. The summed E-state index contributed by atoms with van der Waals surface area (Å²) in [6.45, 7) is 0. The Morgan fingerprint density at radius 3 is 1.89 bits per heavy atom. The molecule has 6 aromatic carbocycles. The quantitative estimate of drug-likeness (QED) is 0.176. The molecule has 178 valence electrons. The first-order valence-corrected chi connectivity index (χ1v) is 13.3. The van der Waals surface area contributed by atoms with E-state index in [1.807, 2.05) is 24.3 Å². The number of nitrogens with zero attached hydrogens (tertiary/aromatic N) is 2. The van der Waals surface area contributed by atoms with Gasteiger partial charge < -0.3 is 9.88 Å². The monoisotopic (exact) mass is 549 g/mol. The van der Waals surface area contributed by atoms with Gasteiger partial charge in [-0.25, -0.2) is 4.98 Å². The fraction of sp³-hybridized carbons (Fsp3) is 0. The molecule has 7 rings (SSSR count). The zero-order valence-electron chi connectivity index (χ0n) is 20.4. The Morgan fingerprint density at radius 1 is 0.605 bits per heavy atom. The molecule has 0 aliphatic carbocycles. The van der Waals surface area contributed by atoms with E-state index >= 15 is 0 Å². The normalized spacial score (nSPS) is 11.4. The topological polar surface area (TPSA) is 31.9 Å². The highest BCUT2D eigenvalue weighted by molar-refractivity contribution is 9.10.